The molecular weight excluding hydrogens is 316 g/mol. The number of hydrogen-bond acceptors (Lipinski definition) is 4. The van der Waals surface area contributed by atoms with E-state index >= 15 is 0 Å². The van der Waals surface area contributed by atoms with E-state index < -0.39 is 10.2 Å². The van der Waals surface area contributed by atoms with E-state index in [0.717, 1.165) is 0 Å². The molecular formula is C15H14N4O3S. The summed E-state index contributed by atoms with van der Waals surface area (Å²) in [7, 11) is -2.28. The molecule has 1 aromatic heterocycles. The molecule has 0 bridgehead atoms. The number of aromatic nitrogens is 2. The first kappa shape index (κ1) is 15.2. The molecule has 0 aliphatic carbocycles. The van der Waals surface area contributed by atoms with Crippen LogP contribution in [0.15, 0.2) is 53.3 Å². The zero-order valence-electron chi connectivity index (χ0n) is 12.2. The van der Waals surface area contributed by atoms with E-state index in [-0.39, 0.29) is 5.56 Å². The third-order valence-corrected chi connectivity index (χ3v) is 3.87. The number of fused-ring (bicyclic) bond motifs is 1. The summed E-state index contributed by atoms with van der Waals surface area (Å²) in [6, 6.07) is 13.8. The van der Waals surface area contributed by atoms with Crippen molar-refractivity contribution >= 4 is 26.7 Å². The largest absolute Gasteiger partial charge is 0.296 e. The molecule has 23 heavy (non-hydrogen) atoms. The highest BCUT2D eigenvalue weighted by molar-refractivity contribution is 7.90. The lowest BCUT2D eigenvalue weighted by atomic mass is 10.0. The minimum absolute atomic E-state index is 0.192. The van der Waals surface area contributed by atoms with Crippen molar-refractivity contribution in [3.05, 3.63) is 58.9 Å². The lowest BCUT2D eigenvalue weighted by molar-refractivity contribution is 0.603. The summed E-state index contributed by atoms with van der Waals surface area (Å²) in [5, 5.41) is 10.5. The lowest BCUT2D eigenvalue weighted by Gasteiger charge is -2.10. The second-order valence-corrected chi connectivity index (χ2v) is 6.34. The molecule has 0 fully saturated rings. The normalized spacial score (nSPS) is 11.6. The molecule has 8 heteroatoms. The van der Waals surface area contributed by atoms with E-state index in [1.807, 2.05) is 6.07 Å². The maximum Gasteiger partial charge on any atom is 0.296 e. The van der Waals surface area contributed by atoms with Crippen LogP contribution in [0.2, 0.25) is 0 Å². The summed E-state index contributed by atoms with van der Waals surface area (Å²) < 4.78 is 25.8. The molecule has 2 aromatic carbocycles. The Hall–Kier alpha value is -2.71. The van der Waals surface area contributed by atoms with Gasteiger partial charge in [0.25, 0.3) is 15.8 Å². The lowest BCUT2D eigenvalue weighted by Crippen LogP contribution is -2.22. The van der Waals surface area contributed by atoms with E-state index in [1.165, 1.54) is 4.68 Å². The van der Waals surface area contributed by atoms with Crippen molar-refractivity contribution in [3.63, 3.8) is 0 Å². The molecule has 118 valence electrons. The van der Waals surface area contributed by atoms with E-state index in [1.54, 1.807) is 49.5 Å². The summed E-state index contributed by atoms with van der Waals surface area (Å²) in [4.78, 5) is 12.2. The van der Waals surface area contributed by atoms with Gasteiger partial charge in [-0.2, -0.15) is 13.5 Å². The SMILES string of the molecule is Cn1nc(-c2cccc(NS(N)(=O)=O)c2)c2ccccc2c1=O. The third-order valence-electron chi connectivity index (χ3n) is 3.35. The molecule has 0 aliphatic rings. The Morgan fingerprint density at radius 1 is 1.09 bits per heavy atom. The van der Waals surface area contributed by atoms with Crippen molar-refractivity contribution in [3.8, 4) is 11.3 Å². The van der Waals surface area contributed by atoms with Crippen LogP contribution in [-0.2, 0) is 17.3 Å². The predicted octanol–water partition coefficient (Wildman–Crippen LogP) is 1.22. The van der Waals surface area contributed by atoms with Crippen LogP contribution in [0.3, 0.4) is 0 Å². The van der Waals surface area contributed by atoms with Crippen LogP contribution in [0.4, 0.5) is 5.69 Å². The second kappa shape index (κ2) is 5.49. The van der Waals surface area contributed by atoms with Crippen LogP contribution < -0.4 is 15.4 Å². The summed E-state index contributed by atoms with van der Waals surface area (Å²) in [5.74, 6) is 0. The number of nitrogens with one attached hydrogen (secondary N) is 1. The maximum atomic E-state index is 12.2. The quantitative estimate of drug-likeness (QED) is 0.752. The average molecular weight is 330 g/mol. The topological polar surface area (TPSA) is 107 Å². The molecule has 0 saturated heterocycles. The summed E-state index contributed by atoms with van der Waals surface area (Å²) in [6.45, 7) is 0. The maximum absolute atomic E-state index is 12.2. The van der Waals surface area contributed by atoms with Gasteiger partial charge in [-0.15, -0.1) is 0 Å². The molecule has 1 heterocycles. The van der Waals surface area contributed by atoms with Crippen LogP contribution in [0.25, 0.3) is 22.0 Å². The molecule has 0 radical (unpaired) electrons. The van der Waals surface area contributed by atoms with Crippen LogP contribution in [0.1, 0.15) is 0 Å². The van der Waals surface area contributed by atoms with E-state index in [9.17, 15) is 13.2 Å². The molecule has 0 spiro atoms. The molecule has 7 nitrogen and oxygen atoms in total. The van der Waals surface area contributed by atoms with Crippen molar-refractivity contribution in [1.82, 2.24) is 9.78 Å². The van der Waals surface area contributed by atoms with Gasteiger partial charge in [-0.3, -0.25) is 9.52 Å². The van der Waals surface area contributed by atoms with Gasteiger partial charge < -0.3 is 0 Å². The van der Waals surface area contributed by atoms with Gasteiger partial charge in [-0.25, -0.2) is 9.82 Å². The second-order valence-electron chi connectivity index (χ2n) is 5.05. The number of nitrogens with two attached hydrogens (primary N) is 1. The Morgan fingerprint density at radius 2 is 1.78 bits per heavy atom. The number of aryl methyl sites for hydroxylation is 1. The van der Waals surface area contributed by atoms with Crippen molar-refractivity contribution in [2.75, 3.05) is 4.72 Å². The molecule has 0 unspecified atom stereocenters. The van der Waals surface area contributed by atoms with Gasteiger partial charge in [0.2, 0.25) is 0 Å². The Morgan fingerprint density at radius 3 is 2.48 bits per heavy atom. The Bertz CT molecular complexity index is 1060. The van der Waals surface area contributed by atoms with E-state index in [0.29, 0.717) is 27.7 Å². The van der Waals surface area contributed by atoms with Crippen molar-refractivity contribution < 1.29 is 8.42 Å². The summed E-state index contributed by atoms with van der Waals surface area (Å²) in [5.41, 5.74) is 1.39. The molecule has 0 aliphatic heterocycles. The third kappa shape index (κ3) is 3.08. The van der Waals surface area contributed by atoms with Gasteiger partial charge in [-0.1, -0.05) is 30.3 Å². The van der Waals surface area contributed by atoms with Gasteiger partial charge in [0, 0.05) is 18.0 Å². The zero-order valence-corrected chi connectivity index (χ0v) is 13.0. The molecule has 0 amide bonds. The number of rotatable bonds is 3. The summed E-state index contributed by atoms with van der Waals surface area (Å²) >= 11 is 0. The zero-order chi connectivity index (χ0) is 16.6. The number of benzene rings is 2. The van der Waals surface area contributed by atoms with Crippen LogP contribution in [-0.4, -0.2) is 18.2 Å². The number of hydrogen-bond donors (Lipinski definition) is 2. The van der Waals surface area contributed by atoms with Crippen LogP contribution in [0, 0.1) is 0 Å². The fourth-order valence-corrected chi connectivity index (χ4v) is 2.86. The van der Waals surface area contributed by atoms with Crippen molar-refractivity contribution in [1.29, 1.82) is 0 Å². The molecule has 3 N–H and O–H groups in total. The number of anilines is 1. The fraction of sp³-hybridized carbons (Fsp3) is 0.0667. The average Bonchev–Trinajstić information content (AvgIpc) is 2.49. The van der Waals surface area contributed by atoms with E-state index in [2.05, 4.69) is 9.82 Å². The molecule has 3 aromatic rings. The highest BCUT2D eigenvalue weighted by atomic mass is 32.2. The fourth-order valence-electron chi connectivity index (χ4n) is 2.41. The first-order valence-corrected chi connectivity index (χ1v) is 8.27. The predicted molar refractivity (Wildman–Crippen MR) is 89.1 cm³/mol. The molecule has 0 atom stereocenters. The highest BCUT2D eigenvalue weighted by Gasteiger charge is 2.11. The van der Waals surface area contributed by atoms with E-state index in [4.69, 9.17) is 5.14 Å². The minimum Gasteiger partial charge on any atom is -0.271 e. The Kier molecular flexibility index (Phi) is 3.63. The minimum atomic E-state index is -3.86. The summed E-state index contributed by atoms with van der Waals surface area (Å²) in [6.07, 6.45) is 0. The van der Waals surface area contributed by atoms with Crippen molar-refractivity contribution in [2.45, 2.75) is 0 Å². The van der Waals surface area contributed by atoms with Gasteiger partial charge >= 0.3 is 0 Å². The first-order valence-electron chi connectivity index (χ1n) is 6.72. The van der Waals surface area contributed by atoms with Gasteiger partial charge in [0.05, 0.1) is 16.8 Å². The number of nitrogens with zero attached hydrogens (tertiary/aromatic N) is 2. The van der Waals surface area contributed by atoms with Gasteiger partial charge in [0.1, 0.15) is 0 Å². The Labute approximate surface area is 132 Å². The molecule has 0 saturated carbocycles. The first-order chi connectivity index (χ1) is 10.8. The monoisotopic (exact) mass is 330 g/mol. The molecule has 3 rings (SSSR count). The van der Waals surface area contributed by atoms with Gasteiger partial charge in [-0.05, 0) is 18.2 Å². The van der Waals surface area contributed by atoms with Crippen LogP contribution >= 0.6 is 0 Å². The smallest absolute Gasteiger partial charge is 0.271 e. The standard InChI is InChI=1S/C15H14N4O3S/c1-19-15(20)13-8-3-2-7-12(13)14(17-19)10-5-4-6-11(9-10)18-23(16,21)22/h2-9,18H,1H3,(H2,16,21,22). The van der Waals surface area contributed by atoms with Crippen molar-refractivity contribution in [2.24, 2.45) is 12.2 Å². The highest BCUT2D eigenvalue weighted by Crippen LogP contribution is 2.26. The Balaban J connectivity index is 2.24. The van der Waals surface area contributed by atoms with Gasteiger partial charge in [0.15, 0.2) is 0 Å². The van der Waals surface area contributed by atoms with Crippen LogP contribution in [0.5, 0.6) is 0 Å².